The van der Waals surface area contributed by atoms with Crippen molar-refractivity contribution in [3.05, 3.63) is 36.4 Å². The van der Waals surface area contributed by atoms with Gasteiger partial charge < -0.3 is 29.5 Å². The molecule has 0 amide bonds. The van der Waals surface area contributed by atoms with Crippen molar-refractivity contribution in [2.75, 3.05) is 0 Å². The number of para-hydroxylation sites is 2. The third-order valence-electron chi connectivity index (χ3n) is 4.84. The number of ether oxygens (including phenoxy) is 3. The van der Waals surface area contributed by atoms with Crippen molar-refractivity contribution in [1.29, 1.82) is 0 Å². The Bertz CT molecular complexity index is 578. The Morgan fingerprint density at radius 1 is 1.09 bits per heavy atom. The van der Waals surface area contributed by atoms with Crippen LogP contribution in [-0.2, 0) is 4.74 Å². The number of hydrogen-bond acceptors (Lipinski definition) is 6. The molecule has 6 nitrogen and oxygen atoms in total. The average molecular weight is 320 g/mol. The summed E-state index contributed by atoms with van der Waals surface area (Å²) in [5, 5.41) is 30.0. The van der Waals surface area contributed by atoms with Crippen molar-refractivity contribution in [2.24, 2.45) is 11.8 Å². The van der Waals surface area contributed by atoms with Crippen LogP contribution in [0.5, 0.6) is 11.5 Å². The van der Waals surface area contributed by atoms with Gasteiger partial charge in [0.05, 0.1) is 12.2 Å². The van der Waals surface area contributed by atoms with E-state index in [-0.39, 0.29) is 17.9 Å². The maximum absolute atomic E-state index is 10.3. The lowest BCUT2D eigenvalue weighted by molar-refractivity contribution is -0.0949. The van der Waals surface area contributed by atoms with E-state index in [2.05, 4.69) is 0 Å². The molecule has 2 fully saturated rings. The topological polar surface area (TPSA) is 88.4 Å². The SMILES string of the molecule is OC1C[C@@H]2[C@@H](/C=C/[C@@H](O)C3Oc4ccccc4O3)[C@H](O)C[C@@H]2O1. The minimum Gasteiger partial charge on any atom is -0.448 e. The summed E-state index contributed by atoms with van der Waals surface area (Å²) < 4.78 is 16.5. The normalized spacial score (nSPS) is 37.4. The number of rotatable bonds is 3. The summed E-state index contributed by atoms with van der Waals surface area (Å²) >= 11 is 0. The van der Waals surface area contributed by atoms with E-state index in [1.165, 1.54) is 0 Å². The van der Waals surface area contributed by atoms with E-state index in [0.717, 1.165) is 0 Å². The molecule has 1 aromatic carbocycles. The molecule has 1 aliphatic carbocycles. The number of aliphatic hydroxyl groups is 3. The average Bonchev–Trinajstić information content (AvgIpc) is 3.17. The third kappa shape index (κ3) is 2.72. The van der Waals surface area contributed by atoms with Crippen LogP contribution in [0.15, 0.2) is 36.4 Å². The van der Waals surface area contributed by atoms with E-state index in [9.17, 15) is 15.3 Å². The Morgan fingerprint density at radius 2 is 1.78 bits per heavy atom. The van der Waals surface area contributed by atoms with Crippen LogP contribution in [0.1, 0.15) is 12.8 Å². The second-order valence-electron chi connectivity index (χ2n) is 6.34. The first-order chi connectivity index (χ1) is 11.1. The standard InChI is InChI=1S/C17H20O6/c18-11(17-22-13-3-1-2-4-14(13)23-17)6-5-9-10-7-16(20)21-15(10)8-12(9)19/h1-6,9-12,15-20H,7-8H2/b6-5+/t9-,10-,11-,12-,15+,16?/m1/s1. The molecule has 4 rings (SSSR count). The van der Waals surface area contributed by atoms with Gasteiger partial charge >= 0.3 is 0 Å². The van der Waals surface area contributed by atoms with Gasteiger partial charge in [-0.1, -0.05) is 24.3 Å². The number of benzene rings is 1. The van der Waals surface area contributed by atoms with E-state index in [1.807, 2.05) is 12.1 Å². The van der Waals surface area contributed by atoms with Crippen LogP contribution in [0, 0.1) is 11.8 Å². The van der Waals surface area contributed by atoms with Crippen molar-refractivity contribution >= 4 is 0 Å². The van der Waals surface area contributed by atoms with Gasteiger partial charge in [-0.3, -0.25) is 0 Å². The fourth-order valence-electron chi connectivity index (χ4n) is 3.72. The van der Waals surface area contributed by atoms with Crippen molar-refractivity contribution in [1.82, 2.24) is 0 Å². The molecule has 3 N–H and O–H groups in total. The Labute approximate surface area is 133 Å². The molecule has 1 unspecified atom stereocenters. The maximum atomic E-state index is 10.3. The summed E-state index contributed by atoms with van der Waals surface area (Å²) in [5.74, 6) is 1.15. The molecule has 0 spiro atoms. The van der Waals surface area contributed by atoms with E-state index in [0.29, 0.717) is 24.3 Å². The monoisotopic (exact) mass is 320 g/mol. The molecule has 1 aromatic rings. The van der Waals surface area contributed by atoms with Crippen molar-refractivity contribution in [3.63, 3.8) is 0 Å². The smallest absolute Gasteiger partial charge is 0.270 e. The quantitative estimate of drug-likeness (QED) is 0.714. The summed E-state index contributed by atoms with van der Waals surface area (Å²) in [7, 11) is 0. The molecule has 124 valence electrons. The predicted molar refractivity (Wildman–Crippen MR) is 79.7 cm³/mol. The minimum atomic E-state index is -0.944. The Balaban J connectivity index is 1.41. The zero-order valence-electron chi connectivity index (χ0n) is 12.5. The second kappa shape index (κ2) is 5.79. The molecule has 1 saturated heterocycles. The van der Waals surface area contributed by atoms with Gasteiger partial charge in [0.2, 0.25) is 0 Å². The molecule has 23 heavy (non-hydrogen) atoms. The van der Waals surface area contributed by atoms with Gasteiger partial charge in [0.1, 0.15) is 6.10 Å². The highest BCUT2D eigenvalue weighted by atomic mass is 16.7. The summed E-state index contributed by atoms with van der Waals surface area (Å²) in [6.45, 7) is 0. The zero-order chi connectivity index (χ0) is 16.0. The second-order valence-corrected chi connectivity index (χ2v) is 6.34. The van der Waals surface area contributed by atoms with Crippen LogP contribution in [0.25, 0.3) is 0 Å². The molecule has 6 atom stereocenters. The number of hydrogen-bond donors (Lipinski definition) is 3. The molecule has 2 aliphatic heterocycles. The lowest BCUT2D eigenvalue weighted by Gasteiger charge is -2.18. The molecule has 0 aromatic heterocycles. The fourth-order valence-corrected chi connectivity index (χ4v) is 3.72. The molecule has 6 heteroatoms. The molecule has 2 heterocycles. The van der Waals surface area contributed by atoms with Crippen LogP contribution in [0.4, 0.5) is 0 Å². The Kier molecular flexibility index (Phi) is 3.77. The predicted octanol–water partition coefficient (Wildman–Crippen LogP) is 0.805. The van der Waals surface area contributed by atoms with Gasteiger partial charge in [0.15, 0.2) is 17.8 Å². The third-order valence-corrected chi connectivity index (χ3v) is 4.84. The lowest BCUT2D eigenvalue weighted by atomic mass is 9.91. The highest BCUT2D eigenvalue weighted by Gasteiger charge is 2.47. The van der Waals surface area contributed by atoms with E-state index in [1.54, 1.807) is 24.3 Å². The van der Waals surface area contributed by atoms with Crippen molar-refractivity contribution < 1.29 is 29.5 Å². The van der Waals surface area contributed by atoms with Gasteiger partial charge in [-0.15, -0.1) is 0 Å². The molecule has 0 bridgehead atoms. The van der Waals surface area contributed by atoms with Crippen LogP contribution in [-0.4, -0.2) is 46.2 Å². The summed E-state index contributed by atoms with van der Waals surface area (Å²) in [4.78, 5) is 0. The Hall–Kier alpha value is -1.60. The molecular weight excluding hydrogens is 300 g/mol. The van der Waals surface area contributed by atoms with Crippen molar-refractivity contribution in [2.45, 2.75) is 43.7 Å². The van der Waals surface area contributed by atoms with Crippen LogP contribution >= 0.6 is 0 Å². The van der Waals surface area contributed by atoms with E-state index in [4.69, 9.17) is 14.2 Å². The first kappa shape index (κ1) is 15.0. The van der Waals surface area contributed by atoms with Gasteiger partial charge in [0.25, 0.3) is 6.29 Å². The fraction of sp³-hybridized carbons (Fsp3) is 0.529. The maximum Gasteiger partial charge on any atom is 0.270 e. The van der Waals surface area contributed by atoms with Crippen molar-refractivity contribution in [3.8, 4) is 11.5 Å². The van der Waals surface area contributed by atoms with Gasteiger partial charge in [0, 0.05) is 18.8 Å². The molecular formula is C17H20O6. The highest BCUT2D eigenvalue weighted by Crippen LogP contribution is 2.43. The first-order valence-corrected chi connectivity index (χ1v) is 7.92. The van der Waals surface area contributed by atoms with E-state index < -0.39 is 24.8 Å². The molecule has 3 aliphatic rings. The summed E-state index contributed by atoms with van der Waals surface area (Å²) in [5.41, 5.74) is 0. The minimum absolute atomic E-state index is 0.0751. The first-order valence-electron chi connectivity index (χ1n) is 7.92. The molecule has 1 saturated carbocycles. The van der Waals surface area contributed by atoms with Gasteiger partial charge in [-0.25, -0.2) is 0 Å². The van der Waals surface area contributed by atoms with Crippen LogP contribution in [0.3, 0.4) is 0 Å². The largest absolute Gasteiger partial charge is 0.448 e. The molecule has 0 radical (unpaired) electrons. The van der Waals surface area contributed by atoms with Crippen LogP contribution < -0.4 is 9.47 Å². The zero-order valence-corrected chi connectivity index (χ0v) is 12.5. The Morgan fingerprint density at radius 3 is 2.48 bits per heavy atom. The van der Waals surface area contributed by atoms with Gasteiger partial charge in [-0.2, -0.15) is 0 Å². The number of fused-ring (bicyclic) bond motifs is 2. The highest BCUT2D eigenvalue weighted by molar-refractivity contribution is 5.42. The van der Waals surface area contributed by atoms with Crippen LogP contribution in [0.2, 0.25) is 0 Å². The van der Waals surface area contributed by atoms with E-state index >= 15 is 0 Å². The summed E-state index contributed by atoms with van der Waals surface area (Å²) in [6.07, 6.45) is 1.27. The number of aliphatic hydroxyl groups excluding tert-OH is 3. The van der Waals surface area contributed by atoms with Gasteiger partial charge in [-0.05, 0) is 18.1 Å². The summed E-state index contributed by atoms with van der Waals surface area (Å²) in [6, 6.07) is 7.25. The lowest BCUT2D eigenvalue weighted by Crippen LogP contribution is -2.32.